The lowest BCUT2D eigenvalue weighted by Gasteiger charge is -2.44. The Morgan fingerprint density at radius 2 is 1.62 bits per heavy atom. The Kier molecular flexibility index (Phi) is 4.84. The van der Waals surface area contributed by atoms with Gasteiger partial charge in [-0.3, -0.25) is 4.90 Å². The Balaban J connectivity index is 1.45. The fraction of sp³-hybridized carbons (Fsp3) is 0.455. The fourth-order valence-corrected chi connectivity index (χ4v) is 4.49. The molecule has 0 spiro atoms. The molecule has 0 amide bonds. The van der Waals surface area contributed by atoms with Crippen molar-refractivity contribution in [1.82, 2.24) is 4.90 Å². The van der Waals surface area contributed by atoms with Crippen LogP contribution < -0.4 is 4.74 Å². The summed E-state index contributed by atoms with van der Waals surface area (Å²) in [7, 11) is 0. The maximum Gasteiger partial charge on any atom is 0.127 e. The molecule has 2 heteroatoms. The van der Waals surface area contributed by atoms with Gasteiger partial charge in [-0.2, -0.15) is 0 Å². The quantitative estimate of drug-likeness (QED) is 0.723. The van der Waals surface area contributed by atoms with Crippen LogP contribution in [0, 0.1) is 5.92 Å². The number of benzene rings is 2. The van der Waals surface area contributed by atoms with Crippen molar-refractivity contribution in [3.05, 3.63) is 60.2 Å². The molecule has 1 heterocycles. The van der Waals surface area contributed by atoms with Crippen molar-refractivity contribution in [2.24, 2.45) is 5.92 Å². The molecule has 24 heavy (non-hydrogen) atoms. The molecule has 4 rings (SSSR count). The minimum Gasteiger partial charge on any atom is -0.457 e. The van der Waals surface area contributed by atoms with E-state index in [-0.39, 0.29) is 0 Å². The van der Waals surface area contributed by atoms with Gasteiger partial charge in [-0.25, -0.2) is 0 Å². The van der Waals surface area contributed by atoms with E-state index in [1.807, 2.05) is 30.3 Å². The van der Waals surface area contributed by atoms with E-state index in [1.54, 1.807) is 0 Å². The Bertz CT molecular complexity index is 652. The van der Waals surface area contributed by atoms with Gasteiger partial charge in [0.2, 0.25) is 0 Å². The second-order valence-corrected chi connectivity index (χ2v) is 7.29. The number of hydrogen-bond donors (Lipinski definition) is 0. The number of para-hydroxylation sites is 1. The second-order valence-electron chi connectivity index (χ2n) is 7.29. The molecule has 2 aliphatic rings. The van der Waals surface area contributed by atoms with Gasteiger partial charge in [0.05, 0.1) is 0 Å². The molecule has 0 radical (unpaired) electrons. The van der Waals surface area contributed by atoms with Crippen LogP contribution in [0.4, 0.5) is 0 Å². The molecule has 2 aromatic carbocycles. The Labute approximate surface area is 145 Å². The van der Waals surface area contributed by atoms with E-state index in [4.69, 9.17) is 4.74 Å². The fourth-order valence-electron chi connectivity index (χ4n) is 4.49. The number of piperidine rings is 1. The van der Waals surface area contributed by atoms with Crippen molar-refractivity contribution in [3.8, 4) is 11.5 Å². The van der Waals surface area contributed by atoms with Crippen LogP contribution in [-0.2, 0) is 6.54 Å². The van der Waals surface area contributed by atoms with Crippen molar-refractivity contribution in [2.45, 2.75) is 51.1 Å². The van der Waals surface area contributed by atoms with Crippen LogP contribution in [0.1, 0.15) is 44.1 Å². The van der Waals surface area contributed by atoms with Crippen LogP contribution in [0.3, 0.4) is 0 Å². The highest BCUT2D eigenvalue weighted by Gasteiger charge is 2.32. The average Bonchev–Trinajstić information content (AvgIpc) is 2.63. The summed E-state index contributed by atoms with van der Waals surface area (Å²) in [4.78, 5) is 2.73. The summed E-state index contributed by atoms with van der Waals surface area (Å²) in [5.41, 5.74) is 1.37. The molecule has 0 unspecified atom stereocenters. The lowest BCUT2D eigenvalue weighted by Crippen LogP contribution is -2.46. The van der Waals surface area contributed by atoms with E-state index < -0.39 is 0 Å². The molecule has 126 valence electrons. The molecule has 2 fully saturated rings. The first-order valence-corrected chi connectivity index (χ1v) is 9.44. The van der Waals surface area contributed by atoms with Crippen molar-refractivity contribution < 1.29 is 4.74 Å². The Hall–Kier alpha value is -1.80. The molecule has 1 saturated carbocycles. The van der Waals surface area contributed by atoms with Gasteiger partial charge >= 0.3 is 0 Å². The topological polar surface area (TPSA) is 12.5 Å². The van der Waals surface area contributed by atoms with Gasteiger partial charge < -0.3 is 4.74 Å². The number of nitrogens with zero attached hydrogens (tertiary/aromatic N) is 1. The molecule has 2 nitrogen and oxygen atoms in total. The van der Waals surface area contributed by atoms with Crippen molar-refractivity contribution in [1.29, 1.82) is 0 Å². The van der Waals surface area contributed by atoms with Crippen molar-refractivity contribution >= 4 is 0 Å². The SMILES string of the molecule is c1ccc(Oc2cccc(CN3CCC[C@H]4CCCC[C@H]43)c2)cc1. The highest BCUT2D eigenvalue weighted by Crippen LogP contribution is 2.36. The van der Waals surface area contributed by atoms with Gasteiger partial charge in [-0.15, -0.1) is 0 Å². The minimum absolute atomic E-state index is 0.811. The van der Waals surface area contributed by atoms with E-state index in [9.17, 15) is 0 Å². The molecule has 1 aliphatic heterocycles. The predicted octanol–water partition coefficient (Wildman–Crippen LogP) is 5.63. The van der Waals surface area contributed by atoms with Gasteiger partial charge in [0.15, 0.2) is 0 Å². The molecule has 1 saturated heterocycles. The van der Waals surface area contributed by atoms with Gasteiger partial charge in [0.1, 0.15) is 11.5 Å². The van der Waals surface area contributed by atoms with E-state index in [2.05, 4.69) is 29.2 Å². The largest absolute Gasteiger partial charge is 0.457 e. The normalized spacial score (nSPS) is 24.3. The van der Waals surface area contributed by atoms with Crippen LogP contribution in [0.15, 0.2) is 54.6 Å². The number of hydrogen-bond acceptors (Lipinski definition) is 2. The van der Waals surface area contributed by atoms with Gasteiger partial charge in [-0.05, 0) is 68.0 Å². The predicted molar refractivity (Wildman–Crippen MR) is 98.3 cm³/mol. The molecule has 1 aliphatic carbocycles. The van der Waals surface area contributed by atoms with E-state index in [0.29, 0.717) is 0 Å². The highest BCUT2D eigenvalue weighted by molar-refractivity contribution is 5.33. The third kappa shape index (κ3) is 3.64. The lowest BCUT2D eigenvalue weighted by atomic mass is 9.78. The third-order valence-corrected chi connectivity index (χ3v) is 5.62. The number of fused-ring (bicyclic) bond motifs is 1. The molecular weight excluding hydrogens is 294 g/mol. The summed E-state index contributed by atoms with van der Waals surface area (Å²) in [5.74, 6) is 2.78. The summed E-state index contributed by atoms with van der Waals surface area (Å²) < 4.78 is 6.00. The minimum atomic E-state index is 0.811. The van der Waals surface area contributed by atoms with Crippen molar-refractivity contribution in [2.75, 3.05) is 6.54 Å². The second kappa shape index (κ2) is 7.40. The van der Waals surface area contributed by atoms with Crippen molar-refractivity contribution in [3.63, 3.8) is 0 Å². The molecule has 0 N–H and O–H groups in total. The molecule has 2 atom stereocenters. The van der Waals surface area contributed by atoms with E-state index in [1.165, 1.54) is 50.6 Å². The van der Waals surface area contributed by atoms with E-state index >= 15 is 0 Å². The number of rotatable bonds is 4. The number of ether oxygens (including phenoxy) is 1. The Morgan fingerprint density at radius 1 is 0.833 bits per heavy atom. The monoisotopic (exact) mass is 321 g/mol. The van der Waals surface area contributed by atoms with Crippen LogP contribution in [0.25, 0.3) is 0 Å². The van der Waals surface area contributed by atoms with Crippen LogP contribution in [-0.4, -0.2) is 17.5 Å². The summed E-state index contributed by atoms with van der Waals surface area (Å²) in [6.45, 7) is 2.32. The highest BCUT2D eigenvalue weighted by atomic mass is 16.5. The van der Waals surface area contributed by atoms with Gasteiger partial charge in [-0.1, -0.05) is 43.2 Å². The zero-order chi connectivity index (χ0) is 16.2. The van der Waals surface area contributed by atoms with Crippen LogP contribution in [0.2, 0.25) is 0 Å². The lowest BCUT2D eigenvalue weighted by molar-refractivity contribution is 0.0547. The first kappa shape index (κ1) is 15.7. The smallest absolute Gasteiger partial charge is 0.127 e. The van der Waals surface area contributed by atoms with Gasteiger partial charge in [0, 0.05) is 12.6 Å². The number of likely N-dealkylation sites (tertiary alicyclic amines) is 1. The first-order valence-electron chi connectivity index (χ1n) is 9.44. The summed E-state index contributed by atoms with van der Waals surface area (Å²) in [6.07, 6.45) is 8.49. The van der Waals surface area contributed by atoms with Crippen LogP contribution in [0.5, 0.6) is 11.5 Å². The molecule has 0 aromatic heterocycles. The maximum atomic E-state index is 6.00. The zero-order valence-corrected chi connectivity index (χ0v) is 14.4. The molecule has 2 aromatic rings. The Morgan fingerprint density at radius 3 is 2.54 bits per heavy atom. The van der Waals surface area contributed by atoms with Gasteiger partial charge in [0.25, 0.3) is 0 Å². The molecular formula is C22H27NO. The van der Waals surface area contributed by atoms with Crippen LogP contribution >= 0.6 is 0 Å². The summed E-state index contributed by atoms with van der Waals surface area (Å²) >= 11 is 0. The summed E-state index contributed by atoms with van der Waals surface area (Å²) in [6, 6.07) is 19.5. The summed E-state index contributed by atoms with van der Waals surface area (Å²) in [5, 5.41) is 0. The zero-order valence-electron chi connectivity index (χ0n) is 14.4. The molecule has 0 bridgehead atoms. The maximum absolute atomic E-state index is 6.00. The first-order chi connectivity index (χ1) is 11.9. The standard InChI is InChI=1S/C22H27NO/c1-2-11-20(12-3-1)24-21-13-6-8-18(16-21)17-23-15-7-10-19-9-4-5-14-22(19)23/h1-3,6,8,11-13,16,19,22H,4-5,7,9-10,14-15,17H2/t19-,22-/m1/s1. The average molecular weight is 321 g/mol. The van der Waals surface area contributed by atoms with E-state index in [0.717, 1.165) is 30.0 Å². The third-order valence-electron chi connectivity index (χ3n) is 5.62.